The van der Waals surface area contributed by atoms with Crippen LogP contribution in [0.5, 0.6) is 5.75 Å². The van der Waals surface area contributed by atoms with Crippen molar-refractivity contribution in [2.24, 2.45) is 5.92 Å². The lowest BCUT2D eigenvalue weighted by atomic mass is 10.2. The average Bonchev–Trinajstić information content (AvgIpc) is 3.41. The molecular formula is C19H23N3O3S. The molecule has 7 heteroatoms. The molecule has 2 heterocycles. The fourth-order valence-corrected chi connectivity index (χ4v) is 3.49. The number of carbonyl (C=O) groups is 1. The molecule has 0 radical (unpaired) electrons. The quantitative estimate of drug-likeness (QED) is 0.808. The summed E-state index contributed by atoms with van der Waals surface area (Å²) in [5.41, 5.74) is 1.59. The molecule has 1 N–H and O–H groups in total. The molecule has 2 aromatic rings. The van der Waals surface area contributed by atoms with E-state index in [-0.39, 0.29) is 5.91 Å². The minimum absolute atomic E-state index is 0.147. The molecule has 1 saturated carbocycles. The number of rotatable bonds is 7. The SMILES string of the molecule is O=C(Nc1nc(CN2CCOCC2)cs1)c1ccc(OCC2CC2)cc1. The Morgan fingerprint density at radius 1 is 1.27 bits per heavy atom. The van der Waals surface area contributed by atoms with Crippen LogP contribution in [0.4, 0.5) is 5.13 Å². The third-order valence-corrected chi connectivity index (χ3v) is 5.37. The van der Waals surface area contributed by atoms with Crippen LogP contribution < -0.4 is 10.1 Å². The van der Waals surface area contributed by atoms with Crippen LogP contribution in [0.2, 0.25) is 0 Å². The molecule has 6 nitrogen and oxygen atoms in total. The Kier molecular flexibility index (Phi) is 5.48. The van der Waals surface area contributed by atoms with E-state index >= 15 is 0 Å². The Balaban J connectivity index is 1.29. The Bertz CT molecular complexity index is 737. The van der Waals surface area contributed by atoms with Gasteiger partial charge in [-0.1, -0.05) is 0 Å². The number of thiazole rings is 1. The number of aromatic nitrogens is 1. The van der Waals surface area contributed by atoms with Gasteiger partial charge in [0.05, 0.1) is 25.5 Å². The first kappa shape index (κ1) is 17.5. The number of hydrogen-bond acceptors (Lipinski definition) is 6. The second-order valence-corrected chi connectivity index (χ2v) is 7.62. The van der Waals surface area contributed by atoms with Crippen molar-refractivity contribution < 1.29 is 14.3 Å². The summed E-state index contributed by atoms with van der Waals surface area (Å²) in [6.45, 7) is 4.96. The molecule has 0 bridgehead atoms. The Labute approximate surface area is 157 Å². The normalized spacial score (nSPS) is 17.8. The second kappa shape index (κ2) is 8.16. The van der Waals surface area contributed by atoms with E-state index in [1.165, 1.54) is 24.2 Å². The monoisotopic (exact) mass is 373 g/mol. The van der Waals surface area contributed by atoms with Crippen LogP contribution >= 0.6 is 11.3 Å². The number of benzene rings is 1. The van der Waals surface area contributed by atoms with Gasteiger partial charge in [0.1, 0.15) is 5.75 Å². The molecule has 2 aliphatic rings. The Morgan fingerprint density at radius 3 is 2.77 bits per heavy atom. The summed E-state index contributed by atoms with van der Waals surface area (Å²) in [5, 5.41) is 5.51. The van der Waals surface area contributed by atoms with E-state index in [9.17, 15) is 4.79 Å². The third kappa shape index (κ3) is 4.81. The van der Waals surface area contributed by atoms with Gasteiger partial charge in [-0.3, -0.25) is 15.0 Å². The first-order valence-corrected chi connectivity index (χ1v) is 9.93. The van der Waals surface area contributed by atoms with Gasteiger partial charge in [-0.05, 0) is 43.0 Å². The second-order valence-electron chi connectivity index (χ2n) is 6.77. The van der Waals surface area contributed by atoms with E-state index in [1.807, 2.05) is 17.5 Å². The smallest absolute Gasteiger partial charge is 0.257 e. The van der Waals surface area contributed by atoms with E-state index in [2.05, 4.69) is 15.2 Å². The maximum atomic E-state index is 12.4. The van der Waals surface area contributed by atoms with Crippen molar-refractivity contribution in [1.29, 1.82) is 0 Å². The molecule has 1 saturated heterocycles. The molecule has 1 aliphatic heterocycles. The summed E-state index contributed by atoms with van der Waals surface area (Å²) in [7, 11) is 0. The molecule has 1 aromatic heterocycles. The highest BCUT2D eigenvalue weighted by Crippen LogP contribution is 2.29. The maximum Gasteiger partial charge on any atom is 0.257 e. The first-order chi connectivity index (χ1) is 12.8. The van der Waals surface area contributed by atoms with Gasteiger partial charge in [0, 0.05) is 30.6 Å². The van der Waals surface area contributed by atoms with Crippen LogP contribution in [-0.2, 0) is 11.3 Å². The van der Waals surface area contributed by atoms with Crippen LogP contribution in [0.25, 0.3) is 0 Å². The predicted molar refractivity (Wildman–Crippen MR) is 101 cm³/mol. The summed E-state index contributed by atoms with van der Waals surface area (Å²) in [4.78, 5) is 19.2. The number of carbonyl (C=O) groups excluding carboxylic acids is 1. The van der Waals surface area contributed by atoms with Crippen LogP contribution in [0.1, 0.15) is 28.9 Å². The van der Waals surface area contributed by atoms with Crippen molar-refractivity contribution in [3.63, 3.8) is 0 Å². The standard InChI is InChI=1S/C19H23N3O3S/c23-18(15-3-5-17(6-4-15)25-12-14-1-2-14)21-19-20-16(13-26-19)11-22-7-9-24-10-8-22/h3-6,13-14H,1-2,7-12H2,(H,20,21,23). The number of nitrogens with one attached hydrogen (secondary N) is 1. The topological polar surface area (TPSA) is 63.7 Å². The molecule has 4 rings (SSSR count). The van der Waals surface area contributed by atoms with Gasteiger partial charge in [0.15, 0.2) is 5.13 Å². The lowest BCUT2D eigenvalue weighted by Gasteiger charge is -2.25. The van der Waals surface area contributed by atoms with Crippen molar-refractivity contribution in [3.8, 4) is 5.75 Å². The molecule has 1 amide bonds. The van der Waals surface area contributed by atoms with Gasteiger partial charge < -0.3 is 9.47 Å². The van der Waals surface area contributed by atoms with Crippen molar-refractivity contribution in [2.75, 3.05) is 38.2 Å². The highest BCUT2D eigenvalue weighted by atomic mass is 32.1. The molecule has 0 unspecified atom stereocenters. The number of amides is 1. The van der Waals surface area contributed by atoms with Crippen molar-refractivity contribution in [2.45, 2.75) is 19.4 Å². The Hall–Kier alpha value is -1.96. The summed E-state index contributed by atoms with van der Waals surface area (Å²) < 4.78 is 11.1. The average molecular weight is 373 g/mol. The molecule has 0 atom stereocenters. The molecule has 1 aliphatic carbocycles. The zero-order chi connectivity index (χ0) is 17.8. The minimum Gasteiger partial charge on any atom is -0.493 e. The van der Waals surface area contributed by atoms with Gasteiger partial charge in [-0.25, -0.2) is 4.98 Å². The van der Waals surface area contributed by atoms with Crippen molar-refractivity contribution >= 4 is 22.4 Å². The number of hydrogen-bond donors (Lipinski definition) is 1. The maximum absolute atomic E-state index is 12.4. The lowest BCUT2D eigenvalue weighted by molar-refractivity contribution is 0.0337. The largest absolute Gasteiger partial charge is 0.493 e. The molecule has 138 valence electrons. The highest BCUT2D eigenvalue weighted by molar-refractivity contribution is 7.13. The third-order valence-electron chi connectivity index (χ3n) is 4.56. The van der Waals surface area contributed by atoms with Gasteiger partial charge in [-0.15, -0.1) is 11.3 Å². The predicted octanol–water partition coefficient (Wildman–Crippen LogP) is 3.02. The molecule has 26 heavy (non-hydrogen) atoms. The lowest BCUT2D eigenvalue weighted by Crippen LogP contribution is -2.35. The van der Waals surface area contributed by atoms with Gasteiger partial charge in [0.25, 0.3) is 5.91 Å². The van der Waals surface area contributed by atoms with E-state index in [0.717, 1.165) is 56.8 Å². The fraction of sp³-hybridized carbons (Fsp3) is 0.474. The summed E-state index contributed by atoms with van der Waals surface area (Å²) in [6, 6.07) is 7.28. The number of anilines is 1. The molecular weight excluding hydrogens is 350 g/mol. The van der Waals surface area contributed by atoms with Gasteiger partial charge in [0.2, 0.25) is 0 Å². The van der Waals surface area contributed by atoms with Crippen molar-refractivity contribution in [1.82, 2.24) is 9.88 Å². The Morgan fingerprint density at radius 2 is 2.04 bits per heavy atom. The summed E-state index contributed by atoms with van der Waals surface area (Å²) >= 11 is 1.46. The number of nitrogens with zero attached hydrogens (tertiary/aromatic N) is 2. The zero-order valence-corrected chi connectivity index (χ0v) is 15.5. The van der Waals surface area contributed by atoms with Crippen molar-refractivity contribution in [3.05, 3.63) is 40.9 Å². The minimum atomic E-state index is -0.147. The van der Waals surface area contributed by atoms with E-state index in [1.54, 1.807) is 12.1 Å². The summed E-state index contributed by atoms with van der Waals surface area (Å²) in [5.74, 6) is 1.39. The number of ether oxygens (including phenoxy) is 2. The van der Waals surface area contributed by atoms with Crippen LogP contribution in [-0.4, -0.2) is 48.7 Å². The van der Waals surface area contributed by atoms with Gasteiger partial charge >= 0.3 is 0 Å². The van der Waals surface area contributed by atoms with E-state index in [0.29, 0.717) is 10.7 Å². The van der Waals surface area contributed by atoms with Crippen LogP contribution in [0.3, 0.4) is 0 Å². The van der Waals surface area contributed by atoms with E-state index < -0.39 is 0 Å². The number of morpholine rings is 1. The van der Waals surface area contributed by atoms with E-state index in [4.69, 9.17) is 9.47 Å². The molecule has 0 spiro atoms. The fourth-order valence-electron chi connectivity index (χ4n) is 2.80. The van der Waals surface area contributed by atoms with Crippen LogP contribution in [0.15, 0.2) is 29.6 Å². The molecule has 2 fully saturated rings. The first-order valence-electron chi connectivity index (χ1n) is 9.05. The summed E-state index contributed by atoms with van der Waals surface area (Å²) in [6.07, 6.45) is 2.53. The highest BCUT2D eigenvalue weighted by Gasteiger charge is 2.22. The molecule has 1 aromatic carbocycles. The zero-order valence-electron chi connectivity index (χ0n) is 14.6. The van der Waals surface area contributed by atoms with Gasteiger partial charge in [-0.2, -0.15) is 0 Å². The van der Waals surface area contributed by atoms with Crippen LogP contribution in [0, 0.1) is 5.92 Å².